The second kappa shape index (κ2) is 3.85. The van der Waals surface area contributed by atoms with E-state index in [0.29, 0.717) is 17.2 Å². The molecule has 2 fully saturated rings. The molecule has 1 aliphatic heterocycles. The van der Waals surface area contributed by atoms with Crippen molar-refractivity contribution in [2.45, 2.75) is 57.4 Å². The Morgan fingerprint density at radius 1 is 1.27 bits per heavy atom. The average Bonchev–Trinajstić information content (AvgIpc) is 1.97. The molecule has 88 valence electrons. The van der Waals surface area contributed by atoms with Gasteiger partial charge in [-0.05, 0) is 38.5 Å². The summed E-state index contributed by atoms with van der Waals surface area (Å²) in [6, 6.07) is 0.480. The highest BCUT2D eigenvalue weighted by atomic mass is 32.2. The number of rotatable bonds is 0. The molecule has 0 spiro atoms. The fourth-order valence-electron chi connectivity index (χ4n) is 3.41. The third kappa shape index (κ3) is 2.28. The van der Waals surface area contributed by atoms with E-state index in [0.717, 1.165) is 11.7 Å². The van der Waals surface area contributed by atoms with Gasteiger partial charge in [-0.25, -0.2) is 0 Å². The van der Waals surface area contributed by atoms with Crippen LogP contribution < -0.4 is 5.32 Å². The molecule has 2 rings (SSSR count). The van der Waals surface area contributed by atoms with Crippen LogP contribution in [0, 0.1) is 11.8 Å². The van der Waals surface area contributed by atoms with Gasteiger partial charge in [0.05, 0.1) is 5.25 Å². The van der Waals surface area contributed by atoms with Gasteiger partial charge in [-0.2, -0.15) is 0 Å². The Balaban J connectivity index is 2.19. The van der Waals surface area contributed by atoms with E-state index in [-0.39, 0.29) is 5.54 Å². The van der Waals surface area contributed by atoms with Crippen LogP contribution in [-0.2, 0) is 10.8 Å². The highest BCUT2D eigenvalue weighted by Crippen LogP contribution is 2.36. The molecular weight excluding hydrogens is 206 g/mol. The van der Waals surface area contributed by atoms with E-state index < -0.39 is 10.8 Å². The topological polar surface area (TPSA) is 29.1 Å². The lowest BCUT2D eigenvalue weighted by Crippen LogP contribution is -2.63. The van der Waals surface area contributed by atoms with Crippen molar-refractivity contribution in [3.8, 4) is 0 Å². The highest BCUT2D eigenvalue weighted by Gasteiger charge is 2.44. The predicted octanol–water partition coefficient (Wildman–Crippen LogP) is 1.92. The fraction of sp³-hybridized carbons (Fsp3) is 1.00. The quantitative estimate of drug-likeness (QED) is 0.687. The molecular formula is C12H23NOS. The minimum Gasteiger partial charge on any atom is -0.307 e. The van der Waals surface area contributed by atoms with Gasteiger partial charge in [0.2, 0.25) is 0 Å². The molecule has 0 bridgehead atoms. The van der Waals surface area contributed by atoms with E-state index in [2.05, 4.69) is 33.0 Å². The Morgan fingerprint density at radius 3 is 2.60 bits per heavy atom. The lowest BCUT2D eigenvalue weighted by molar-refractivity contribution is 0.203. The van der Waals surface area contributed by atoms with Crippen LogP contribution in [-0.4, -0.2) is 26.8 Å². The summed E-state index contributed by atoms with van der Waals surface area (Å²) in [5.41, 5.74) is 0.0583. The summed E-state index contributed by atoms with van der Waals surface area (Å²) >= 11 is 0. The average molecular weight is 229 g/mol. The summed E-state index contributed by atoms with van der Waals surface area (Å²) in [5.74, 6) is 2.20. The van der Waals surface area contributed by atoms with Crippen molar-refractivity contribution < 1.29 is 4.21 Å². The van der Waals surface area contributed by atoms with Gasteiger partial charge < -0.3 is 5.32 Å². The largest absolute Gasteiger partial charge is 0.307 e. The van der Waals surface area contributed by atoms with Gasteiger partial charge in [0.15, 0.2) is 0 Å². The first-order valence-electron chi connectivity index (χ1n) is 6.04. The smallest absolute Gasteiger partial charge is 0.0527 e. The van der Waals surface area contributed by atoms with E-state index in [1.54, 1.807) is 0 Å². The van der Waals surface area contributed by atoms with Gasteiger partial charge in [0, 0.05) is 28.1 Å². The molecule has 5 unspecified atom stereocenters. The van der Waals surface area contributed by atoms with Crippen LogP contribution in [0.4, 0.5) is 0 Å². The molecule has 15 heavy (non-hydrogen) atoms. The molecule has 0 aromatic rings. The molecule has 0 aromatic heterocycles. The molecule has 2 aliphatic rings. The van der Waals surface area contributed by atoms with Crippen molar-refractivity contribution in [1.29, 1.82) is 0 Å². The zero-order chi connectivity index (χ0) is 11.2. The summed E-state index contributed by atoms with van der Waals surface area (Å²) < 4.78 is 12.2. The maximum atomic E-state index is 12.2. The van der Waals surface area contributed by atoms with E-state index in [9.17, 15) is 4.21 Å². The van der Waals surface area contributed by atoms with Crippen molar-refractivity contribution >= 4 is 10.8 Å². The molecule has 1 saturated carbocycles. The van der Waals surface area contributed by atoms with E-state index in [1.165, 1.54) is 12.8 Å². The van der Waals surface area contributed by atoms with Crippen LogP contribution in [0.3, 0.4) is 0 Å². The summed E-state index contributed by atoms with van der Waals surface area (Å²) in [4.78, 5) is 0. The number of nitrogens with one attached hydrogen (secondary N) is 1. The van der Waals surface area contributed by atoms with Crippen LogP contribution in [0.15, 0.2) is 0 Å². The Bertz CT molecular complexity index is 277. The van der Waals surface area contributed by atoms with Gasteiger partial charge in [0.1, 0.15) is 0 Å². The molecule has 1 saturated heterocycles. The normalized spacial score (nSPS) is 49.7. The molecule has 2 nitrogen and oxygen atoms in total. The summed E-state index contributed by atoms with van der Waals surface area (Å²) in [5, 5.41) is 4.09. The van der Waals surface area contributed by atoms with Crippen molar-refractivity contribution in [3.63, 3.8) is 0 Å². The van der Waals surface area contributed by atoms with Crippen molar-refractivity contribution in [2.24, 2.45) is 11.8 Å². The van der Waals surface area contributed by atoms with E-state index in [1.807, 2.05) is 0 Å². The summed E-state index contributed by atoms with van der Waals surface area (Å²) in [6.07, 6.45) is 2.44. The third-order valence-electron chi connectivity index (χ3n) is 3.77. The zero-order valence-corrected chi connectivity index (χ0v) is 11.1. The SMILES string of the molecule is CC1CC(C)C2C(C1)NC(C)(C)CS2=O. The number of fused-ring (bicyclic) bond motifs is 1. The Hall–Kier alpha value is 0.110. The summed E-state index contributed by atoms with van der Waals surface area (Å²) in [7, 11) is -0.634. The Kier molecular flexibility index (Phi) is 2.97. The molecule has 1 heterocycles. The second-order valence-electron chi connectivity index (χ2n) is 6.18. The lowest BCUT2D eigenvalue weighted by atomic mass is 9.79. The van der Waals surface area contributed by atoms with Gasteiger partial charge in [-0.1, -0.05) is 13.8 Å². The maximum absolute atomic E-state index is 12.2. The third-order valence-corrected chi connectivity index (χ3v) is 6.18. The molecule has 1 N–H and O–H groups in total. The van der Waals surface area contributed by atoms with Crippen LogP contribution in [0.2, 0.25) is 0 Å². The Labute approximate surface area is 95.7 Å². The lowest BCUT2D eigenvalue weighted by Gasteiger charge is -2.48. The maximum Gasteiger partial charge on any atom is 0.0527 e. The molecule has 1 aliphatic carbocycles. The first-order chi connectivity index (χ1) is 6.89. The fourth-order valence-corrected chi connectivity index (χ4v) is 5.57. The highest BCUT2D eigenvalue weighted by molar-refractivity contribution is 7.85. The standard InChI is InChI=1S/C12H23NOS/c1-8-5-9(2)11-10(6-8)13-12(3,4)7-15(11)14/h8-11,13H,5-7H2,1-4H3. The van der Waals surface area contributed by atoms with Gasteiger partial charge in [-0.3, -0.25) is 4.21 Å². The predicted molar refractivity (Wildman–Crippen MR) is 65.4 cm³/mol. The molecule has 0 amide bonds. The van der Waals surface area contributed by atoms with Gasteiger partial charge >= 0.3 is 0 Å². The minimum absolute atomic E-state index is 0.0583. The monoisotopic (exact) mass is 229 g/mol. The molecule has 3 heteroatoms. The number of hydrogen-bond donors (Lipinski definition) is 1. The van der Waals surface area contributed by atoms with E-state index in [4.69, 9.17) is 0 Å². The first-order valence-corrected chi connectivity index (χ1v) is 7.42. The van der Waals surface area contributed by atoms with E-state index >= 15 is 0 Å². The zero-order valence-electron chi connectivity index (χ0n) is 10.2. The minimum atomic E-state index is -0.634. The van der Waals surface area contributed by atoms with Crippen LogP contribution in [0.5, 0.6) is 0 Å². The molecule has 5 atom stereocenters. The first kappa shape index (κ1) is 11.6. The number of hydrogen-bond acceptors (Lipinski definition) is 2. The molecule has 0 aromatic carbocycles. The van der Waals surface area contributed by atoms with Crippen LogP contribution >= 0.6 is 0 Å². The summed E-state index contributed by atoms with van der Waals surface area (Å²) in [6.45, 7) is 8.93. The van der Waals surface area contributed by atoms with Crippen LogP contribution in [0.1, 0.15) is 40.5 Å². The second-order valence-corrected chi connectivity index (χ2v) is 7.77. The Morgan fingerprint density at radius 2 is 1.93 bits per heavy atom. The van der Waals surface area contributed by atoms with Crippen molar-refractivity contribution in [1.82, 2.24) is 5.32 Å². The van der Waals surface area contributed by atoms with Crippen molar-refractivity contribution in [2.75, 3.05) is 5.75 Å². The van der Waals surface area contributed by atoms with Gasteiger partial charge in [-0.15, -0.1) is 0 Å². The van der Waals surface area contributed by atoms with Crippen molar-refractivity contribution in [3.05, 3.63) is 0 Å². The molecule has 0 radical (unpaired) electrons. The van der Waals surface area contributed by atoms with Crippen LogP contribution in [0.25, 0.3) is 0 Å². The van der Waals surface area contributed by atoms with Gasteiger partial charge in [0.25, 0.3) is 0 Å².